The van der Waals surface area contributed by atoms with Gasteiger partial charge in [0.2, 0.25) is 0 Å². The summed E-state index contributed by atoms with van der Waals surface area (Å²) in [6, 6.07) is 17.6. The summed E-state index contributed by atoms with van der Waals surface area (Å²) in [6.07, 6.45) is 3.07. The van der Waals surface area contributed by atoms with Crippen LogP contribution < -0.4 is 4.90 Å². The molecule has 174 valence electrons. The van der Waals surface area contributed by atoms with Gasteiger partial charge in [-0.15, -0.1) is 0 Å². The predicted octanol–water partition coefficient (Wildman–Crippen LogP) is 5.83. The lowest BCUT2D eigenvalue weighted by molar-refractivity contribution is -0.137. The van der Waals surface area contributed by atoms with Gasteiger partial charge in [0, 0.05) is 42.4 Å². The lowest BCUT2D eigenvalue weighted by atomic mass is 9.98. The van der Waals surface area contributed by atoms with Gasteiger partial charge in [-0.3, -0.25) is 9.97 Å². The van der Waals surface area contributed by atoms with E-state index in [1.807, 2.05) is 12.1 Å². The minimum atomic E-state index is -4.53. The number of alkyl halides is 3. The van der Waals surface area contributed by atoms with E-state index in [-0.39, 0.29) is 10.6 Å². The van der Waals surface area contributed by atoms with E-state index in [2.05, 4.69) is 9.97 Å². The lowest BCUT2D eigenvalue weighted by Gasteiger charge is -2.34. The summed E-state index contributed by atoms with van der Waals surface area (Å²) in [7, 11) is -3.45. The quantitative estimate of drug-likeness (QED) is 0.346. The van der Waals surface area contributed by atoms with Crippen molar-refractivity contribution in [3.8, 4) is 0 Å². The van der Waals surface area contributed by atoms with E-state index in [1.165, 1.54) is 18.2 Å². The lowest BCUT2D eigenvalue weighted by Crippen LogP contribution is -2.25. The Kier molecular flexibility index (Phi) is 6.39. The van der Waals surface area contributed by atoms with Gasteiger partial charge in [0.1, 0.15) is 0 Å². The predicted molar refractivity (Wildman–Crippen MR) is 123 cm³/mol. The van der Waals surface area contributed by atoms with E-state index in [9.17, 15) is 21.6 Å². The highest BCUT2D eigenvalue weighted by atomic mass is 32.2. The van der Waals surface area contributed by atoms with Gasteiger partial charge in [-0.25, -0.2) is 8.42 Å². The first kappa shape index (κ1) is 23.4. The second-order valence-electron chi connectivity index (χ2n) is 7.66. The van der Waals surface area contributed by atoms with Crippen molar-refractivity contribution in [3.63, 3.8) is 0 Å². The number of pyridine rings is 2. The van der Waals surface area contributed by atoms with Gasteiger partial charge in [0.15, 0.2) is 9.84 Å². The molecule has 4 rings (SSSR count). The van der Waals surface area contributed by atoms with Gasteiger partial charge in [-0.05, 0) is 65.7 Å². The normalized spacial score (nSPS) is 12.0. The molecule has 0 radical (unpaired) electrons. The molecule has 0 aliphatic heterocycles. The molecular formula is C25H20F3N3O2S. The van der Waals surface area contributed by atoms with Gasteiger partial charge in [0.25, 0.3) is 0 Å². The average Bonchev–Trinajstić information content (AvgIpc) is 2.83. The SMILES string of the molecule is CS(=O)(=O)c1ccc(N(c2cccc(C(F)(F)F)c2)C(c2cccnc2)c2cccnc2)cc1. The fourth-order valence-electron chi connectivity index (χ4n) is 3.70. The standard InChI is InChI=1S/C25H20F3N3O2S/c1-34(32,33)23-11-9-21(10-12-23)31(22-8-2-7-20(15-22)25(26,27)28)24(18-5-3-13-29-16-18)19-6-4-14-30-17-19/h2-17,24H,1H3. The number of anilines is 2. The Morgan fingerprint density at radius 2 is 1.38 bits per heavy atom. The molecule has 9 heteroatoms. The van der Waals surface area contributed by atoms with Crippen molar-refractivity contribution in [2.45, 2.75) is 17.1 Å². The molecule has 0 bridgehead atoms. The van der Waals surface area contributed by atoms with E-state index >= 15 is 0 Å². The Morgan fingerprint density at radius 1 is 0.794 bits per heavy atom. The molecule has 0 N–H and O–H groups in total. The smallest absolute Gasteiger partial charge is 0.330 e. The molecule has 0 spiro atoms. The fourth-order valence-corrected chi connectivity index (χ4v) is 4.33. The Labute approximate surface area is 195 Å². The maximum atomic E-state index is 13.6. The zero-order chi connectivity index (χ0) is 24.3. The maximum absolute atomic E-state index is 13.6. The summed E-state index contributed by atoms with van der Waals surface area (Å²) in [5, 5.41) is 0. The third-order valence-corrected chi connectivity index (χ3v) is 6.38. The number of nitrogens with zero attached hydrogens (tertiary/aromatic N) is 3. The monoisotopic (exact) mass is 483 g/mol. The molecule has 0 aliphatic rings. The van der Waals surface area contributed by atoms with Crippen LogP contribution >= 0.6 is 0 Å². The first-order valence-electron chi connectivity index (χ1n) is 10.2. The zero-order valence-corrected chi connectivity index (χ0v) is 18.8. The molecule has 4 aromatic rings. The minimum absolute atomic E-state index is 0.111. The summed E-state index contributed by atoms with van der Waals surface area (Å²) < 4.78 is 64.6. The highest BCUT2D eigenvalue weighted by Crippen LogP contribution is 2.41. The molecule has 0 saturated heterocycles. The van der Waals surface area contributed by atoms with Gasteiger partial charge >= 0.3 is 6.18 Å². The van der Waals surface area contributed by atoms with Crippen LogP contribution in [0.1, 0.15) is 22.7 Å². The number of hydrogen-bond acceptors (Lipinski definition) is 5. The van der Waals surface area contributed by atoms with E-state index in [0.29, 0.717) is 5.69 Å². The van der Waals surface area contributed by atoms with Gasteiger partial charge in [-0.1, -0.05) is 18.2 Å². The Balaban J connectivity index is 1.96. The molecule has 0 unspecified atom stereocenters. The molecule has 0 amide bonds. The summed E-state index contributed by atoms with van der Waals surface area (Å²) in [5.41, 5.74) is 1.43. The van der Waals surface area contributed by atoms with Gasteiger partial charge < -0.3 is 4.90 Å². The number of rotatable bonds is 6. The highest BCUT2D eigenvalue weighted by molar-refractivity contribution is 7.90. The second-order valence-corrected chi connectivity index (χ2v) is 9.68. The number of aromatic nitrogens is 2. The van der Waals surface area contributed by atoms with Crippen LogP contribution in [-0.2, 0) is 16.0 Å². The van der Waals surface area contributed by atoms with Crippen molar-refractivity contribution in [2.24, 2.45) is 0 Å². The number of benzene rings is 2. The number of hydrogen-bond donors (Lipinski definition) is 0. The molecule has 34 heavy (non-hydrogen) atoms. The van der Waals surface area contributed by atoms with Crippen LogP contribution in [-0.4, -0.2) is 24.6 Å². The van der Waals surface area contributed by atoms with Crippen LogP contribution in [0, 0.1) is 0 Å². The zero-order valence-electron chi connectivity index (χ0n) is 18.0. The van der Waals surface area contributed by atoms with Crippen LogP contribution in [0.5, 0.6) is 0 Å². The van der Waals surface area contributed by atoms with Crippen molar-refractivity contribution in [3.05, 3.63) is 114 Å². The largest absolute Gasteiger partial charge is 0.416 e. The molecule has 2 aromatic heterocycles. The number of sulfone groups is 1. The number of halogens is 3. The van der Waals surface area contributed by atoms with E-state index < -0.39 is 27.6 Å². The maximum Gasteiger partial charge on any atom is 0.416 e. The summed E-state index contributed by atoms with van der Waals surface area (Å²) in [4.78, 5) is 10.2. The van der Waals surface area contributed by atoms with Crippen molar-refractivity contribution in [1.82, 2.24) is 9.97 Å². The molecule has 2 heterocycles. The van der Waals surface area contributed by atoms with Crippen molar-refractivity contribution < 1.29 is 21.6 Å². The van der Waals surface area contributed by atoms with E-state index in [0.717, 1.165) is 29.5 Å². The van der Waals surface area contributed by atoms with Gasteiger partial charge in [-0.2, -0.15) is 13.2 Å². The van der Waals surface area contributed by atoms with Crippen LogP contribution in [0.25, 0.3) is 0 Å². The molecular weight excluding hydrogens is 463 g/mol. The Bertz CT molecular complexity index is 1320. The molecule has 5 nitrogen and oxygen atoms in total. The Morgan fingerprint density at radius 3 is 1.85 bits per heavy atom. The highest BCUT2D eigenvalue weighted by Gasteiger charge is 2.32. The Hall–Kier alpha value is -3.72. The van der Waals surface area contributed by atoms with Crippen molar-refractivity contribution in [1.29, 1.82) is 0 Å². The van der Waals surface area contributed by atoms with Crippen molar-refractivity contribution >= 4 is 21.2 Å². The first-order chi connectivity index (χ1) is 16.1. The summed E-state index contributed by atoms with van der Waals surface area (Å²) in [6.45, 7) is 0. The topological polar surface area (TPSA) is 63.2 Å². The fraction of sp³-hybridized carbons (Fsp3) is 0.120. The first-order valence-corrected chi connectivity index (χ1v) is 12.1. The molecule has 0 fully saturated rings. The van der Waals surface area contributed by atoms with E-state index in [1.54, 1.807) is 60.0 Å². The summed E-state index contributed by atoms with van der Waals surface area (Å²) >= 11 is 0. The molecule has 0 aliphatic carbocycles. The molecule has 2 aromatic carbocycles. The van der Waals surface area contributed by atoms with Gasteiger partial charge in [0.05, 0.1) is 16.5 Å². The third-order valence-electron chi connectivity index (χ3n) is 5.25. The average molecular weight is 484 g/mol. The molecule has 0 atom stereocenters. The summed E-state index contributed by atoms with van der Waals surface area (Å²) in [5.74, 6) is 0. The van der Waals surface area contributed by atoms with Crippen LogP contribution in [0.2, 0.25) is 0 Å². The van der Waals surface area contributed by atoms with E-state index in [4.69, 9.17) is 0 Å². The third kappa shape index (κ3) is 5.09. The minimum Gasteiger partial charge on any atom is -0.330 e. The van der Waals surface area contributed by atoms with Crippen LogP contribution in [0.4, 0.5) is 24.5 Å². The molecule has 0 saturated carbocycles. The van der Waals surface area contributed by atoms with Crippen LogP contribution in [0.3, 0.4) is 0 Å². The van der Waals surface area contributed by atoms with Crippen molar-refractivity contribution in [2.75, 3.05) is 11.2 Å². The van der Waals surface area contributed by atoms with Crippen LogP contribution in [0.15, 0.2) is 102 Å². The second kappa shape index (κ2) is 9.26.